The molecule has 11 heteroatoms. The number of nitrogens with one attached hydrogen (secondary N) is 1. The number of hydrogen-bond donors (Lipinski definition) is 2. The lowest BCUT2D eigenvalue weighted by Gasteiger charge is -2.19. The van der Waals surface area contributed by atoms with E-state index < -0.39 is 12.1 Å². The van der Waals surface area contributed by atoms with Gasteiger partial charge < -0.3 is 19.5 Å². The maximum Gasteiger partial charge on any atom is 0.490 e. The summed E-state index contributed by atoms with van der Waals surface area (Å²) in [4.78, 5) is 18.2. The van der Waals surface area contributed by atoms with Gasteiger partial charge in [-0.3, -0.25) is 4.98 Å². The molecule has 8 nitrogen and oxygen atoms in total. The molecule has 3 aromatic heterocycles. The van der Waals surface area contributed by atoms with Crippen LogP contribution in [0.1, 0.15) is 22.4 Å². The molecule has 1 aliphatic heterocycles. The highest BCUT2D eigenvalue weighted by atomic mass is 19.4. The van der Waals surface area contributed by atoms with Gasteiger partial charge in [0.15, 0.2) is 0 Å². The molecule has 0 radical (unpaired) electrons. The van der Waals surface area contributed by atoms with E-state index in [9.17, 15) is 13.2 Å². The number of carboxylic acid groups (broad SMARTS) is 1. The molecule has 2 N–H and O–H groups in total. The van der Waals surface area contributed by atoms with Gasteiger partial charge >= 0.3 is 12.1 Å². The predicted octanol–water partition coefficient (Wildman–Crippen LogP) is 4.49. The van der Waals surface area contributed by atoms with Crippen LogP contribution in [0.4, 0.5) is 13.2 Å². The Balaban J connectivity index is 0.000000364. The molecule has 0 aliphatic carbocycles. The minimum atomic E-state index is -5.08. The Hall–Kier alpha value is -3.99. The van der Waals surface area contributed by atoms with Gasteiger partial charge in [-0.15, -0.1) is 0 Å². The molecule has 182 valence electrons. The number of benzene rings is 1. The van der Waals surface area contributed by atoms with E-state index in [1.807, 2.05) is 43.7 Å². The molecule has 0 atom stereocenters. The highest BCUT2D eigenvalue weighted by Gasteiger charge is 2.38. The smallest absolute Gasteiger partial charge is 0.475 e. The first-order valence-electron chi connectivity index (χ1n) is 10.7. The number of fused-ring (bicyclic) bond motifs is 1. The number of hydrogen-bond acceptors (Lipinski definition) is 6. The van der Waals surface area contributed by atoms with Crippen molar-refractivity contribution in [1.29, 1.82) is 0 Å². The predicted molar refractivity (Wildman–Crippen MR) is 121 cm³/mol. The highest BCUT2D eigenvalue weighted by Crippen LogP contribution is 2.31. The van der Waals surface area contributed by atoms with Crippen LogP contribution in [0.25, 0.3) is 28.5 Å². The molecule has 0 bridgehead atoms. The number of nitrogens with zero attached hydrogens (tertiary/aromatic N) is 4. The fourth-order valence-corrected chi connectivity index (χ4v) is 3.83. The van der Waals surface area contributed by atoms with Gasteiger partial charge in [0, 0.05) is 47.6 Å². The fourth-order valence-electron chi connectivity index (χ4n) is 3.83. The summed E-state index contributed by atoms with van der Waals surface area (Å²) >= 11 is 0. The Morgan fingerprint density at radius 1 is 1.20 bits per heavy atom. The Morgan fingerprint density at radius 3 is 2.60 bits per heavy atom. The maximum atomic E-state index is 10.6. The van der Waals surface area contributed by atoms with Crippen LogP contribution in [0.5, 0.6) is 0 Å². The second kappa shape index (κ2) is 9.71. The average molecular weight is 485 g/mol. The van der Waals surface area contributed by atoms with Crippen molar-refractivity contribution in [3.63, 3.8) is 0 Å². The van der Waals surface area contributed by atoms with Crippen LogP contribution in [-0.4, -0.2) is 43.5 Å². The number of alkyl halides is 3. The van der Waals surface area contributed by atoms with Crippen LogP contribution in [0.15, 0.2) is 53.4 Å². The van der Waals surface area contributed by atoms with Crippen molar-refractivity contribution in [2.45, 2.75) is 33.0 Å². The number of carboxylic acids is 1. The minimum Gasteiger partial charge on any atom is -0.475 e. The first-order valence-corrected chi connectivity index (χ1v) is 10.7. The van der Waals surface area contributed by atoms with Crippen LogP contribution in [-0.2, 0) is 17.8 Å². The Kier molecular flexibility index (Phi) is 6.70. The van der Waals surface area contributed by atoms with Gasteiger partial charge in [0.1, 0.15) is 0 Å². The SMILES string of the molecule is Cc1ccc(-c2nc(-c3c(C)ncc4c3CCNC4)no2)cc1-n1cccc1.O=C(O)C(F)(F)F. The van der Waals surface area contributed by atoms with Crippen LogP contribution >= 0.6 is 0 Å². The first-order chi connectivity index (χ1) is 16.6. The summed E-state index contributed by atoms with van der Waals surface area (Å²) < 4.78 is 39.5. The van der Waals surface area contributed by atoms with Gasteiger partial charge in [0.2, 0.25) is 5.82 Å². The quantitative estimate of drug-likeness (QED) is 0.441. The molecule has 1 aliphatic rings. The van der Waals surface area contributed by atoms with Gasteiger partial charge in [-0.05, 0) is 67.8 Å². The van der Waals surface area contributed by atoms with Crippen molar-refractivity contribution in [1.82, 2.24) is 25.0 Å². The first kappa shape index (κ1) is 24.1. The summed E-state index contributed by atoms with van der Waals surface area (Å²) in [5.41, 5.74) is 7.62. The molecular weight excluding hydrogens is 463 g/mol. The summed E-state index contributed by atoms with van der Waals surface area (Å²) in [5, 5.41) is 14.8. The number of pyridine rings is 1. The third-order valence-electron chi connectivity index (χ3n) is 5.56. The molecular formula is C24H22F3N5O3. The van der Waals surface area contributed by atoms with Crippen LogP contribution in [0, 0.1) is 13.8 Å². The van der Waals surface area contributed by atoms with E-state index in [2.05, 4.69) is 39.1 Å². The lowest BCUT2D eigenvalue weighted by Crippen LogP contribution is -2.24. The standard InChI is InChI=1S/C22H21N5O.C2HF3O2/c1-14-5-6-16(11-19(14)27-9-3-4-10-27)22-25-21(26-28-22)20-15(2)24-13-17-12-23-8-7-18(17)20;3-2(4,5)1(6)7/h3-6,9-11,13,23H,7-8,12H2,1-2H3;(H,6,7). The molecule has 35 heavy (non-hydrogen) atoms. The zero-order chi connectivity index (χ0) is 25.2. The van der Waals surface area contributed by atoms with Crippen molar-refractivity contribution >= 4 is 5.97 Å². The molecule has 5 rings (SSSR count). The minimum absolute atomic E-state index is 0.523. The van der Waals surface area contributed by atoms with Gasteiger partial charge in [-0.25, -0.2) is 4.79 Å². The molecule has 0 unspecified atom stereocenters. The molecule has 4 heterocycles. The Labute approximate surface area is 198 Å². The van der Waals surface area contributed by atoms with Crippen molar-refractivity contribution in [3.05, 3.63) is 71.3 Å². The lowest BCUT2D eigenvalue weighted by molar-refractivity contribution is -0.192. The molecule has 1 aromatic carbocycles. The van der Waals surface area contributed by atoms with Gasteiger partial charge in [-0.2, -0.15) is 18.2 Å². The molecule has 0 saturated heterocycles. The number of aliphatic carboxylic acids is 1. The van der Waals surface area contributed by atoms with Crippen LogP contribution < -0.4 is 5.32 Å². The average Bonchev–Trinajstić information content (AvgIpc) is 3.52. The summed E-state index contributed by atoms with van der Waals surface area (Å²) in [6.45, 7) is 5.88. The topological polar surface area (TPSA) is 106 Å². The van der Waals surface area contributed by atoms with E-state index in [0.29, 0.717) is 11.7 Å². The molecule has 0 saturated carbocycles. The zero-order valence-corrected chi connectivity index (χ0v) is 18.9. The number of carbonyl (C=O) groups is 1. The van der Waals surface area contributed by atoms with E-state index >= 15 is 0 Å². The second-order valence-electron chi connectivity index (χ2n) is 7.97. The van der Waals surface area contributed by atoms with Crippen LogP contribution in [0.2, 0.25) is 0 Å². The molecule has 0 amide bonds. The monoisotopic (exact) mass is 485 g/mol. The summed E-state index contributed by atoms with van der Waals surface area (Å²) in [6.07, 6.45) is 1.88. The third kappa shape index (κ3) is 5.24. The summed E-state index contributed by atoms with van der Waals surface area (Å²) in [7, 11) is 0. The zero-order valence-electron chi connectivity index (χ0n) is 18.9. The van der Waals surface area contributed by atoms with E-state index in [-0.39, 0.29) is 0 Å². The number of halogens is 3. The van der Waals surface area contributed by atoms with Crippen molar-refractivity contribution in [2.75, 3.05) is 6.54 Å². The van der Waals surface area contributed by atoms with Crippen LogP contribution in [0.3, 0.4) is 0 Å². The normalized spacial score (nSPS) is 13.1. The summed E-state index contributed by atoms with van der Waals surface area (Å²) in [6, 6.07) is 10.2. The van der Waals surface area contributed by atoms with Crippen molar-refractivity contribution in [3.8, 4) is 28.5 Å². The van der Waals surface area contributed by atoms with Crippen molar-refractivity contribution < 1.29 is 27.6 Å². The van der Waals surface area contributed by atoms with E-state index in [1.165, 1.54) is 16.7 Å². The highest BCUT2D eigenvalue weighted by molar-refractivity contribution is 5.73. The van der Waals surface area contributed by atoms with Gasteiger partial charge in [-0.1, -0.05) is 11.2 Å². The lowest BCUT2D eigenvalue weighted by atomic mass is 9.95. The maximum absolute atomic E-state index is 10.6. The second-order valence-corrected chi connectivity index (χ2v) is 7.97. The number of aryl methyl sites for hydroxylation is 2. The van der Waals surface area contributed by atoms with Gasteiger partial charge in [0.25, 0.3) is 5.89 Å². The Morgan fingerprint density at radius 2 is 1.91 bits per heavy atom. The number of aromatic nitrogens is 4. The van der Waals surface area contributed by atoms with E-state index in [4.69, 9.17) is 19.4 Å². The fraction of sp³-hybridized carbons (Fsp3) is 0.250. The third-order valence-corrected chi connectivity index (χ3v) is 5.56. The van der Waals surface area contributed by atoms with E-state index in [0.717, 1.165) is 42.0 Å². The van der Waals surface area contributed by atoms with E-state index in [1.54, 1.807) is 0 Å². The molecule has 4 aromatic rings. The van der Waals surface area contributed by atoms with Crippen molar-refractivity contribution in [2.24, 2.45) is 0 Å². The largest absolute Gasteiger partial charge is 0.490 e. The van der Waals surface area contributed by atoms with Gasteiger partial charge in [0.05, 0.1) is 0 Å². The molecule has 0 spiro atoms. The number of rotatable bonds is 3. The summed E-state index contributed by atoms with van der Waals surface area (Å²) in [5.74, 6) is -1.62. The Bertz CT molecular complexity index is 1350. The molecule has 0 fully saturated rings.